The van der Waals surface area contributed by atoms with Crippen molar-refractivity contribution in [2.24, 2.45) is 0 Å². The van der Waals surface area contributed by atoms with Crippen LogP contribution < -0.4 is 0 Å². The van der Waals surface area contributed by atoms with E-state index in [4.69, 9.17) is 0 Å². The summed E-state index contributed by atoms with van der Waals surface area (Å²) in [4.78, 5) is 18.8. The van der Waals surface area contributed by atoms with Gasteiger partial charge in [0.15, 0.2) is 0 Å². The zero-order valence-corrected chi connectivity index (χ0v) is 15.0. The first-order chi connectivity index (χ1) is 13.1. The van der Waals surface area contributed by atoms with Crippen molar-refractivity contribution in [2.45, 2.75) is 18.9 Å². The molecule has 0 N–H and O–H groups in total. The number of carbonyl (C=O) groups excluding carboxylic acids is 1. The summed E-state index contributed by atoms with van der Waals surface area (Å²) in [5, 5.41) is 0. The highest BCUT2D eigenvalue weighted by molar-refractivity contribution is 5.77. The maximum absolute atomic E-state index is 13.8. The van der Waals surface area contributed by atoms with Gasteiger partial charge in [0.05, 0.1) is 11.7 Å². The number of benzene rings is 2. The molecule has 0 fully saturated rings. The van der Waals surface area contributed by atoms with Gasteiger partial charge in [0.25, 0.3) is 0 Å². The fraction of sp³-hybridized carbons (Fsp3) is 0.182. The third-order valence-electron chi connectivity index (χ3n) is 4.48. The highest BCUT2D eigenvalue weighted by Crippen LogP contribution is 2.27. The number of nitrogens with zero attached hydrogens (tertiary/aromatic N) is 2. The van der Waals surface area contributed by atoms with Gasteiger partial charge in [-0.15, -0.1) is 0 Å². The van der Waals surface area contributed by atoms with E-state index < -0.39 is 11.6 Å². The predicted molar refractivity (Wildman–Crippen MR) is 100.0 cm³/mol. The van der Waals surface area contributed by atoms with E-state index in [1.165, 1.54) is 0 Å². The van der Waals surface area contributed by atoms with Gasteiger partial charge in [-0.2, -0.15) is 0 Å². The van der Waals surface area contributed by atoms with Crippen LogP contribution in [-0.2, 0) is 11.2 Å². The van der Waals surface area contributed by atoms with Crippen LogP contribution in [0.3, 0.4) is 0 Å². The average Bonchev–Trinajstić information content (AvgIpc) is 2.70. The average molecular weight is 366 g/mol. The van der Waals surface area contributed by atoms with Crippen molar-refractivity contribution < 1.29 is 13.6 Å². The summed E-state index contributed by atoms with van der Waals surface area (Å²) in [6, 6.07) is 18.1. The number of hydrogen-bond acceptors (Lipinski definition) is 2. The van der Waals surface area contributed by atoms with Crippen LogP contribution in [0.15, 0.2) is 72.9 Å². The van der Waals surface area contributed by atoms with E-state index in [0.29, 0.717) is 0 Å². The molecule has 0 saturated carbocycles. The Morgan fingerprint density at radius 2 is 1.78 bits per heavy atom. The Hall–Kier alpha value is -3.08. The van der Waals surface area contributed by atoms with Gasteiger partial charge in [0.1, 0.15) is 11.6 Å². The summed E-state index contributed by atoms with van der Waals surface area (Å²) in [6.45, 7) is 0. The van der Waals surface area contributed by atoms with Crippen LogP contribution in [0.25, 0.3) is 0 Å². The smallest absolute Gasteiger partial charge is 0.223 e. The molecule has 1 atom stereocenters. The SMILES string of the molecule is CN(C(=O)CCc1cc(F)ccc1F)C(c1ccccc1)c1ccccn1. The number of rotatable bonds is 6. The Labute approximate surface area is 157 Å². The molecule has 5 heteroatoms. The van der Waals surface area contributed by atoms with Crippen molar-refractivity contribution in [1.29, 1.82) is 0 Å². The quantitative estimate of drug-likeness (QED) is 0.642. The third-order valence-corrected chi connectivity index (χ3v) is 4.48. The van der Waals surface area contributed by atoms with Gasteiger partial charge < -0.3 is 4.90 Å². The van der Waals surface area contributed by atoms with E-state index in [1.807, 2.05) is 48.5 Å². The molecular weight excluding hydrogens is 346 g/mol. The van der Waals surface area contributed by atoms with Gasteiger partial charge >= 0.3 is 0 Å². The Morgan fingerprint density at radius 1 is 1.04 bits per heavy atom. The van der Waals surface area contributed by atoms with Crippen LogP contribution in [-0.4, -0.2) is 22.8 Å². The monoisotopic (exact) mass is 366 g/mol. The van der Waals surface area contributed by atoms with E-state index in [9.17, 15) is 13.6 Å². The van der Waals surface area contributed by atoms with Crippen LogP contribution in [0.1, 0.15) is 29.3 Å². The van der Waals surface area contributed by atoms with Crippen molar-refractivity contribution >= 4 is 5.91 Å². The summed E-state index contributed by atoms with van der Waals surface area (Å²) in [7, 11) is 1.70. The van der Waals surface area contributed by atoms with Gasteiger partial charge in [0.2, 0.25) is 5.91 Å². The van der Waals surface area contributed by atoms with Gasteiger partial charge in [0, 0.05) is 19.7 Å². The van der Waals surface area contributed by atoms with Crippen molar-refractivity contribution in [2.75, 3.05) is 7.05 Å². The Balaban J connectivity index is 1.80. The zero-order valence-electron chi connectivity index (χ0n) is 15.0. The minimum Gasteiger partial charge on any atom is -0.333 e. The van der Waals surface area contributed by atoms with Crippen molar-refractivity contribution in [3.8, 4) is 0 Å². The molecule has 0 spiro atoms. The molecule has 3 rings (SSSR count). The lowest BCUT2D eigenvalue weighted by atomic mass is 10.0. The summed E-state index contributed by atoms with van der Waals surface area (Å²) in [5.74, 6) is -1.18. The first kappa shape index (κ1) is 18.7. The molecule has 0 aliphatic rings. The highest BCUT2D eigenvalue weighted by atomic mass is 19.1. The number of aryl methyl sites for hydroxylation is 1. The molecule has 1 heterocycles. The van der Waals surface area contributed by atoms with Gasteiger partial charge in [-0.25, -0.2) is 8.78 Å². The van der Waals surface area contributed by atoms with E-state index in [2.05, 4.69) is 4.98 Å². The summed E-state index contributed by atoms with van der Waals surface area (Å²) < 4.78 is 27.1. The summed E-state index contributed by atoms with van der Waals surface area (Å²) in [6.07, 6.45) is 1.90. The molecule has 0 radical (unpaired) electrons. The number of aromatic nitrogens is 1. The van der Waals surface area contributed by atoms with Crippen LogP contribution in [0.4, 0.5) is 8.78 Å². The van der Waals surface area contributed by atoms with Gasteiger partial charge in [-0.05, 0) is 47.9 Å². The lowest BCUT2D eigenvalue weighted by Crippen LogP contribution is -2.32. The van der Waals surface area contributed by atoms with Gasteiger partial charge in [-0.3, -0.25) is 9.78 Å². The Kier molecular flexibility index (Phi) is 5.91. The maximum atomic E-state index is 13.8. The number of carbonyl (C=O) groups is 1. The van der Waals surface area contributed by atoms with E-state index >= 15 is 0 Å². The minimum absolute atomic E-state index is 0.0764. The first-order valence-corrected chi connectivity index (χ1v) is 8.71. The normalized spacial score (nSPS) is 11.8. The van der Waals surface area contributed by atoms with Crippen molar-refractivity contribution in [1.82, 2.24) is 9.88 Å². The van der Waals surface area contributed by atoms with E-state index in [-0.39, 0.29) is 30.4 Å². The van der Waals surface area contributed by atoms with Crippen molar-refractivity contribution in [3.63, 3.8) is 0 Å². The Bertz CT molecular complexity index is 861. The molecule has 27 heavy (non-hydrogen) atoms. The molecule has 1 amide bonds. The number of halogens is 2. The number of amides is 1. The largest absolute Gasteiger partial charge is 0.333 e. The van der Waals surface area contributed by atoms with Crippen LogP contribution in [0, 0.1) is 11.6 Å². The van der Waals surface area contributed by atoms with Crippen LogP contribution in [0.2, 0.25) is 0 Å². The standard InChI is InChI=1S/C22H20F2N2O/c1-26(21(27)13-10-17-15-18(23)11-12-19(17)24)22(16-7-3-2-4-8-16)20-9-5-6-14-25-20/h2-9,11-12,14-15,22H,10,13H2,1H3. The number of hydrogen-bond donors (Lipinski definition) is 0. The predicted octanol–water partition coefficient (Wildman–Crippen LogP) is 4.54. The number of pyridine rings is 1. The molecule has 3 nitrogen and oxygen atoms in total. The molecule has 0 aliphatic heterocycles. The lowest BCUT2D eigenvalue weighted by molar-refractivity contribution is -0.131. The molecule has 3 aromatic rings. The fourth-order valence-electron chi connectivity index (χ4n) is 3.06. The topological polar surface area (TPSA) is 33.2 Å². The molecule has 0 saturated heterocycles. The third kappa shape index (κ3) is 4.56. The maximum Gasteiger partial charge on any atom is 0.223 e. The van der Waals surface area contributed by atoms with E-state index in [1.54, 1.807) is 18.1 Å². The molecule has 138 valence electrons. The van der Waals surface area contributed by atoms with Crippen molar-refractivity contribution in [3.05, 3.63) is 101 Å². The molecule has 2 aromatic carbocycles. The first-order valence-electron chi connectivity index (χ1n) is 8.71. The molecule has 1 aromatic heterocycles. The lowest BCUT2D eigenvalue weighted by Gasteiger charge is -2.28. The zero-order chi connectivity index (χ0) is 19.2. The van der Waals surface area contributed by atoms with Crippen LogP contribution >= 0.6 is 0 Å². The van der Waals surface area contributed by atoms with E-state index in [0.717, 1.165) is 29.5 Å². The summed E-state index contributed by atoms with van der Waals surface area (Å²) >= 11 is 0. The second-order valence-corrected chi connectivity index (χ2v) is 6.31. The Morgan fingerprint density at radius 3 is 2.48 bits per heavy atom. The fourth-order valence-corrected chi connectivity index (χ4v) is 3.06. The second kappa shape index (κ2) is 8.54. The molecular formula is C22H20F2N2O. The molecule has 1 unspecified atom stereocenters. The highest BCUT2D eigenvalue weighted by Gasteiger charge is 2.24. The van der Waals surface area contributed by atoms with Gasteiger partial charge in [-0.1, -0.05) is 36.4 Å². The molecule has 0 aliphatic carbocycles. The molecule has 0 bridgehead atoms. The second-order valence-electron chi connectivity index (χ2n) is 6.31. The summed E-state index contributed by atoms with van der Waals surface area (Å²) in [5.41, 5.74) is 1.88. The minimum atomic E-state index is -0.511. The van der Waals surface area contributed by atoms with Crippen LogP contribution in [0.5, 0.6) is 0 Å².